The van der Waals surface area contributed by atoms with Gasteiger partial charge in [-0.05, 0) is 26.3 Å². The van der Waals surface area contributed by atoms with Crippen LogP contribution < -0.4 is 5.32 Å². The van der Waals surface area contributed by atoms with Gasteiger partial charge in [0.05, 0.1) is 13.5 Å². The molecule has 24 heavy (non-hydrogen) atoms. The summed E-state index contributed by atoms with van der Waals surface area (Å²) < 4.78 is 14.8. The number of methoxy groups -OCH3 is 1. The maximum Gasteiger partial charge on any atom is 0.408 e. The summed E-state index contributed by atoms with van der Waals surface area (Å²) in [5.74, 6) is -1.39. The molecule has 0 fully saturated rings. The van der Waals surface area contributed by atoms with Gasteiger partial charge in [0.15, 0.2) is 0 Å². The monoisotopic (exact) mass is 337 g/mol. The fourth-order valence-electron chi connectivity index (χ4n) is 1.72. The number of hydrogen-bond donors (Lipinski definition) is 1. The molecule has 0 radical (unpaired) electrons. The Hall–Kier alpha value is -2.57. The Kier molecular flexibility index (Phi) is 7.23. The van der Waals surface area contributed by atoms with Gasteiger partial charge in [-0.2, -0.15) is 0 Å². The van der Waals surface area contributed by atoms with Crippen molar-refractivity contribution in [3.63, 3.8) is 0 Å². The van der Waals surface area contributed by atoms with E-state index in [1.165, 1.54) is 7.11 Å². The Balaban J connectivity index is 2.67. The zero-order valence-electron chi connectivity index (χ0n) is 14.3. The second-order valence-electron chi connectivity index (χ2n) is 6.07. The van der Waals surface area contributed by atoms with E-state index in [-0.39, 0.29) is 13.0 Å². The van der Waals surface area contributed by atoms with Crippen molar-refractivity contribution in [2.24, 2.45) is 0 Å². The largest absolute Gasteiger partial charge is 0.469 e. The first kappa shape index (κ1) is 19.5. The molecular formula is C17H23NO6. The molecule has 1 N–H and O–H groups in total. The van der Waals surface area contributed by atoms with Gasteiger partial charge in [-0.3, -0.25) is 4.79 Å². The topological polar surface area (TPSA) is 90.9 Å². The smallest absolute Gasteiger partial charge is 0.408 e. The summed E-state index contributed by atoms with van der Waals surface area (Å²) >= 11 is 0. The maximum atomic E-state index is 12.2. The quantitative estimate of drug-likeness (QED) is 0.632. The highest BCUT2D eigenvalue weighted by molar-refractivity contribution is 5.86. The molecular weight excluding hydrogens is 314 g/mol. The molecule has 0 saturated heterocycles. The van der Waals surface area contributed by atoms with E-state index in [0.29, 0.717) is 0 Å². The average Bonchev–Trinajstić information content (AvgIpc) is 2.51. The van der Waals surface area contributed by atoms with Gasteiger partial charge in [-0.25, -0.2) is 9.59 Å². The Morgan fingerprint density at radius 2 is 1.75 bits per heavy atom. The number of benzene rings is 1. The third-order valence-corrected chi connectivity index (χ3v) is 2.80. The minimum absolute atomic E-state index is 0.0351. The van der Waals surface area contributed by atoms with Gasteiger partial charge in [-0.1, -0.05) is 30.3 Å². The van der Waals surface area contributed by atoms with Crippen LogP contribution in [0.3, 0.4) is 0 Å². The summed E-state index contributed by atoms with van der Waals surface area (Å²) in [6.45, 7) is 5.11. The van der Waals surface area contributed by atoms with Crippen molar-refractivity contribution in [1.82, 2.24) is 5.32 Å². The number of carbonyl (C=O) groups excluding carboxylic acids is 3. The highest BCUT2D eigenvalue weighted by Gasteiger charge is 2.28. The number of rotatable bonds is 6. The fraction of sp³-hybridized carbons (Fsp3) is 0.471. The van der Waals surface area contributed by atoms with E-state index >= 15 is 0 Å². The van der Waals surface area contributed by atoms with Crippen molar-refractivity contribution >= 4 is 18.0 Å². The average molecular weight is 337 g/mol. The highest BCUT2D eigenvalue weighted by atomic mass is 16.6. The highest BCUT2D eigenvalue weighted by Crippen LogP contribution is 2.09. The van der Waals surface area contributed by atoms with Gasteiger partial charge in [0.2, 0.25) is 0 Å². The van der Waals surface area contributed by atoms with Crippen molar-refractivity contribution < 1.29 is 28.6 Å². The lowest BCUT2D eigenvalue weighted by molar-refractivity contribution is -0.152. The van der Waals surface area contributed by atoms with Gasteiger partial charge in [-0.15, -0.1) is 0 Å². The zero-order valence-corrected chi connectivity index (χ0v) is 14.3. The third kappa shape index (κ3) is 7.62. The number of nitrogens with one attached hydrogen (secondary N) is 1. The fourth-order valence-corrected chi connectivity index (χ4v) is 1.72. The molecule has 1 aromatic rings. The molecule has 132 valence electrons. The zero-order chi connectivity index (χ0) is 18.2. The lowest BCUT2D eigenvalue weighted by Gasteiger charge is -2.22. The van der Waals surface area contributed by atoms with Crippen molar-refractivity contribution in [2.45, 2.75) is 45.4 Å². The van der Waals surface area contributed by atoms with Crippen LogP contribution in [0.2, 0.25) is 0 Å². The molecule has 1 aromatic carbocycles. The normalized spacial score (nSPS) is 12.0. The number of ether oxygens (including phenoxy) is 3. The summed E-state index contributed by atoms with van der Waals surface area (Å²) in [5.41, 5.74) is 0.0633. The van der Waals surface area contributed by atoms with E-state index < -0.39 is 29.7 Å². The molecule has 1 atom stereocenters. The van der Waals surface area contributed by atoms with Crippen LogP contribution in [0.1, 0.15) is 32.8 Å². The number of hydrogen-bond acceptors (Lipinski definition) is 6. The Labute approximate surface area is 141 Å². The van der Waals surface area contributed by atoms with Crippen LogP contribution >= 0.6 is 0 Å². The minimum atomic E-state index is -1.18. The molecule has 0 aliphatic rings. The number of alkyl carbamates (subject to hydrolysis) is 1. The molecule has 0 bridgehead atoms. The van der Waals surface area contributed by atoms with Gasteiger partial charge < -0.3 is 19.5 Å². The second kappa shape index (κ2) is 8.90. The predicted molar refractivity (Wildman–Crippen MR) is 86.0 cm³/mol. The van der Waals surface area contributed by atoms with E-state index in [0.717, 1.165) is 5.56 Å². The molecule has 7 nitrogen and oxygen atoms in total. The van der Waals surface area contributed by atoms with Gasteiger partial charge in [0, 0.05) is 0 Å². The molecule has 0 aromatic heterocycles. The molecule has 1 amide bonds. The van der Waals surface area contributed by atoms with Crippen LogP contribution in [0.5, 0.6) is 0 Å². The second-order valence-corrected chi connectivity index (χ2v) is 6.07. The molecule has 7 heteroatoms. The van der Waals surface area contributed by atoms with Crippen molar-refractivity contribution in [3.05, 3.63) is 35.9 Å². The van der Waals surface area contributed by atoms with Crippen LogP contribution in [0.15, 0.2) is 30.3 Å². The summed E-state index contributed by atoms with van der Waals surface area (Å²) in [6.07, 6.45) is -1.16. The summed E-state index contributed by atoms with van der Waals surface area (Å²) in [4.78, 5) is 35.4. The Morgan fingerprint density at radius 1 is 1.12 bits per heavy atom. The van der Waals surface area contributed by atoms with Crippen LogP contribution in [0, 0.1) is 0 Å². The van der Waals surface area contributed by atoms with Crippen molar-refractivity contribution in [2.75, 3.05) is 7.11 Å². The predicted octanol–water partition coefficient (Wildman–Crippen LogP) is 2.19. The van der Waals surface area contributed by atoms with Crippen LogP contribution in [-0.2, 0) is 30.4 Å². The third-order valence-electron chi connectivity index (χ3n) is 2.80. The Morgan fingerprint density at radius 3 is 2.29 bits per heavy atom. The molecule has 0 heterocycles. The van der Waals surface area contributed by atoms with Crippen LogP contribution in [0.25, 0.3) is 0 Å². The van der Waals surface area contributed by atoms with Crippen LogP contribution in [0.4, 0.5) is 4.79 Å². The van der Waals surface area contributed by atoms with E-state index in [9.17, 15) is 14.4 Å². The summed E-state index contributed by atoms with van der Waals surface area (Å²) in [5, 5.41) is 2.34. The van der Waals surface area contributed by atoms with Crippen LogP contribution in [-0.4, -0.2) is 36.8 Å². The summed E-state index contributed by atoms with van der Waals surface area (Å²) in [7, 11) is 1.20. The van der Waals surface area contributed by atoms with E-state index in [1.54, 1.807) is 32.9 Å². The van der Waals surface area contributed by atoms with E-state index in [4.69, 9.17) is 9.47 Å². The van der Waals surface area contributed by atoms with Crippen molar-refractivity contribution in [1.29, 1.82) is 0 Å². The molecule has 0 unspecified atom stereocenters. The van der Waals surface area contributed by atoms with Crippen molar-refractivity contribution in [3.8, 4) is 0 Å². The van der Waals surface area contributed by atoms with Gasteiger partial charge in [0.25, 0.3) is 0 Å². The van der Waals surface area contributed by atoms with E-state index in [1.807, 2.05) is 18.2 Å². The lowest BCUT2D eigenvalue weighted by Crippen LogP contribution is -2.45. The van der Waals surface area contributed by atoms with E-state index in [2.05, 4.69) is 10.1 Å². The Bertz CT molecular complexity index is 564. The first-order valence-corrected chi connectivity index (χ1v) is 7.48. The summed E-state index contributed by atoms with van der Waals surface area (Å²) in [6, 6.07) is 7.88. The standard InChI is InChI=1S/C17H23NO6/c1-17(2,3)24-16(21)18-13(10-14(19)22-4)15(20)23-11-12-8-6-5-7-9-12/h5-9,13H,10-11H2,1-4H3,(H,18,21)/t13-/m1/s1. The molecule has 0 saturated carbocycles. The lowest BCUT2D eigenvalue weighted by atomic mass is 10.2. The molecule has 0 aliphatic carbocycles. The minimum Gasteiger partial charge on any atom is -0.469 e. The van der Waals surface area contributed by atoms with Gasteiger partial charge in [0.1, 0.15) is 18.2 Å². The SMILES string of the molecule is COC(=O)C[C@@H](NC(=O)OC(C)(C)C)C(=O)OCc1ccccc1. The number of carbonyl (C=O) groups is 3. The first-order chi connectivity index (χ1) is 11.2. The number of esters is 2. The molecule has 0 spiro atoms. The number of amides is 1. The molecule has 0 aliphatic heterocycles. The molecule has 1 rings (SSSR count). The first-order valence-electron chi connectivity index (χ1n) is 7.48. The maximum absolute atomic E-state index is 12.2. The van der Waals surface area contributed by atoms with Gasteiger partial charge >= 0.3 is 18.0 Å².